The number of halogens is 1. The zero-order valence-corrected chi connectivity index (χ0v) is 19.0. The molecule has 176 valence electrons. The molecule has 1 aromatic heterocycles. The average molecular weight is 466 g/mol. The minimum absolute atomic E-state index is 0.130. The molecule has 0 fully saturated rings. The molecule has 0 radical (unpaired) electrons. The van der Waals surface area contributed by atoms with Crippen molar-refractivity contribution in [2.75, 3.05) is 28.1 Å². The van der Waals surface area contributed by atoms with Gasteiger partial charge in [-0.05, 0) is 48.0 Å². The van der Waals surface area contributed by atoms with Gasteiger partial charge in [0.2, 0.25) is 5.75 Å². The molecular weight excluding hydrogens is 443 g/mol. The fraction of sp³-hybridized carbons (Fsp3) is 0.231. The maximum absolute atomic E-state index is 14.1. The molecule has 4 aromatic rings. The zero-order valence-electron chi connectivity index (χ0n) is 19.0. The molecular formula is C26H23FO7. The molecule has 2 heterocycles. The summed E-state index contributed by atoms with van der Waals surface area (Å²) in [7, 11) is 4.70. The molecule has 7 nitrogen and oxygen atoms in total. The third-order valence-electron chi connectivity index (χ3n) is 5.67. The molecule has 8 heteroatoms. The van der Waals surface area contributed by atoms with Crippen molar-refractivity contribution in [3.05, 3.63) is 65.7 Å². The van der Waals surface area contributed by atoms with E-state index in [0.717, 1.165) is 16.5 Å². The highest BCUT2D eigenvalue weighted by molar-refractivity contribution is 5.95. The fourth-order valence-electron chi connectivity index (χ4n) is 4.08. The maximum Gasteiger partial charge on any atom is 0.203 e. The van der Waals surface area contributed by atoms with Crippen LogP contribution in [0.25, 0.3) is 22.1 Å². The van der Waals surface area contributed by atoms with Crippen molar-refractivity contribution in [3.63, 3.8) is 0 Å². The van der Waals surface area contributed by atoms with Gasteiger partial charge in [0.1, 0.15) is 29.5 Å². The van der Waals surface area contributed by atoms with Gasteiger partial charge < -0.3 is 32.8 Å². The Morgan fingerprint density at radius 2 is 1.74 bits per heavy atom. The predicted octanol–water partition coefficient (Wildman–Crippen LogP) is 5.71. The lowest BCUT2D eigenvalue weighted by atomic mass is 10.0. The van der Waals surface area contributed by atoms with E-state index < -0.39 is 0 Å². The minimum Gasteiger partial charge on any atom is -0.493 e. The number of methoxy groups -OCH3 is 3. The van der Waals surface area contributed by atoms with Crippen molar-refractivity contribution in [2.24, 2.45) is 0 Å². The summed E-state index contributed by atoms with van der Waals surface area (Å²) < 4.78 is 53.0. The Morgan fingerprint density at radius 1 is 0.941 bits per heavy atom. The number of ether oxygens (including phenoxy) is 6. The zero-order chi connectivity index (χ0) is 23.7. The normalized spacial score (nSPS) is 12.7. The van der Waals surface area contributed by atoms with Crippen LogP contribution >= 0.6 is 0 Å². The summed E-state index contributed by atoms with van der Waals surface area (Å²) in [6, 6.07) is 12.1. The van der Waals surface area contributed by atoms with Crippen LogP contribution in [0.4, 0.5) is 4.39 Å². The Labute approximate surface area is 195 Å². The molecule has 0 saturated heterocycles. The first-order valence-corrected chi connectivity index (χ1v) is 10.6. The lowest BCUT2D eigenvalue weighted by Crippen LogP contribution is -2.14. The van der Waals surface area contributed by atoms with Crippen molar-refractivity contribution in [1.29, 1.82) is 0 Å². The summed E-state index contributed by atoms with van der Waals surface area (Å²) in [6.07, 6.45) is 1.67. The van der Waals surface area contributed by atoms with Gasteiger partial charge in [0.15, 0.2) is 18.3 Å². The lowest BCUT2D eigenvalue weighted by Gasteiger charge is -2.21. The number of hydrogen-bond acceptors (Lipinski definition) is 7. The first kappa shape index (κ1) is 21.9. The van der Waals surface area contributed by atoms with E-state index in [1.165, 1.54) is 12.1 Å². The molecule has 34 heavy (non-hydrogen) atoms. The van der Waals surface area contributed by atoms with Gasteiger partial charge in [0.05, 0.1) is 34.2 Å². The van der Waals surface area contributed by atoms with Gasteiger partial charge in [-0.25, -0.2) is 4.39 Å². The summed E-state index contributed by atoms with van der Waals surface area (Å²) >= 11 is 0. The van der Waals surface area contributed by atoms with E-state index >= 15 is 0 Å². The third-order valence-corrected chi connectivity index (χ3v) is 5.67. The molecule has 0 unspecified atom stereocenters. The summed E-state index contributed by atoms with van der Waals surface area (Å²) in [5, 5.41) is 0.845. The summed E-state index contributed by atoms with van der Waals surface area (Å²) in [5.74, 6) is 2.44. The van der Waals surface area contributed by atoms with Crippen LogP contribution in [0, 0.1) is 5.82 Å². The molecule has 0 spiro atoms. The van der Waals surface area contributed by atoms with E-state index in [2.05, 4.69) is 0 Å². The summed E-state index contributed by atoms with van der Waals surface area (Å²) in [4.78, 5) is 0. The number of rotatable bonds is 7. The molecule has 1 aliphatic heterocycles. The number of hydrogen-bond donors (Lipinski definition) is 0. The van der Waals surface area contributed by atoms with E-state index in [1.54, 1.807) is 33.7 Å². The van der Waals surface area contributed by atoms with Crippen LogP contribution in [-0.2, 0) is 18.0 Å². The number of furan rings is 1. The standard InChI is InChI=1S/C26H23FO7/c1-28-23-8-15(9-24(29-2)26(23)30-3)21-13-33-22-5-4-19(10-20(21)22)32-12-17-7-18(27)6-16-11-31-14-34-25(16)17/h4-10,13H,11-12,14H2,1-3H3. The van der Waals surface area contributed by atoms with Crippen molar-refractivity contribution in [1.82, 2.24) is 0 Å². The van der Waals surface area contributed by atoms with Gasteiger partial charge in [-0.1, -0.05) is 0 Å². The van der Waals surface area contributed by atoms with Crippen LogP contribution in [0.5, 0.6) is 28.7 Å². The van der Waals surface area contributed by atoms with Gasteiger partial charge in [-0.3, -0.25) is 0 Å². The minimum atomic E-state index is -0.360. The van der Waals surface area contributed by atoms with Crippen LogP contribution in [0.1, 0.15) is 11.1 Å². The molecule has 0 bridgehead atoms. The van der Waals surface area contributed by atoms with Gasteiger partial charge in [-0.15, -0.1) is 0 Å². The van der Waals surface area contributed by atoms with E-state index in [-0.39, 0.29) is 19.2 Å². The van der Waals surface area contributed by atoms with Crippen LogP contribution in [-0.4, -0.2) is 28.1 Å². The highest BCUT2D eigenvalue weighted by Crippen LogP contribution is 2.43. The molecule has 3 aromatic carbocycles. The van der Waals surface area contributed by atoms with Crippen molar-refractivity contribution in [3.8, 4) is 39.9 Å². The molecule has 0 aliphatic carbocycles. The average Bonchev–Trinajstić information content (AvgIpc) is 3.29. The summed E-state index contributed by atoms with van der Waals surface area (Å²) in [6.45, 7) is 0.576. The molecule has 0 atom stereocenters. The van der Waals surface area contributed by atoms with Crippen LogP contribution in [0.15, 0.2) is 53.1 Å². The third kappa shape index (κ3) is 3.97. The Morgan fingerprint density at radius 3 is 2.47 bits per heavy atom. The van der Waals surface area contributed by atoms with Gasteiger partial charge in [0.25, 0.3) is 0 Å². The highest BCUT2D eigenvalue weighted by atomic mass is 19.1. The van der Waals surface area contributed by atoms with E-state index in [1.807, 2.05) is 24.3 Å². The van der Waals surface area contributed by atoms with Crippen molar-refractivity contribution < 1.29 is 37.2 Å². The lowest BCUT2D eigenvalue weighted by molar-refractivity contribution is -0.0178. The Hall–Kier alpha value is -3.91. The van der Waals surface area contributed by atoms with E-state index in [4.69, 9.17) is 32.8 Å². The van der Waals surface area contributed by atoms with Crippen LogP contribution in [0.2, 0.25) is 0 Å². The Balaban J connectivity index is 1.48. The maximum atomic E-state index is 14.1. The van der Waals surface area contributed by atoms with Gasteiger partial charge in [-0.2, -0.15) is 0 Å². The second kappa shape index (κ2) is 9.15. The largest absolute Gasteiger partial charge is 0.493 e. The summed E-state index contributed by atoms with van der Waals surface area (Å²) in [5.41, 5.74) is 3.65. The number of fused-ring (bicyclic) bond motifs is 2. The molecule has 1 aliphatic rings. The van der Waals surface area contributed by atoms with E-state index in [9.17, 15) is 4.39 Å². The monoisotopic (exact) mass is 466 g/mol. The SMILES string of the molecule is COc1cc(-c2coc3ccc(OCc4cc(F)cc5c4OCOC5)cc23)cc(OC)c1OC. The van der Waals surface area contributed by atoms with Crippen molar-refractivity contribution in [2.45, 2.75) is 13.2 Å². The molecule has 0 saturated carbocycles. The Kier molecular flexibility index (Phi) is 5.90. The van der Waals surface area contributed by atoms with Gasteiger partial charge in [0, 0.05) is 22.1 Å². The van der Waals surface area contributed by atoms with Crippen LogP contribution < -0.4 is 23.7 Å². The van der Waals surface area contributed by atoms with Gasteiger partial charge >= 0.3 is 0 Å². The predicted molar refractivity (Wildman–Crippen MR) is 122 cm³/mol. The first-order chi connectivity index (χ1) is 16.6. The van der Waals surface area contributed by atoms with Crippen molar-refractivity contribution >= 4 is 11.0 Å². The molecule has 0 N–H and O–H groups in total. The van der Waals surface area contributed by atoms with E-state index in [0.29, 0.717) is 52.1 Å². The highest BCUT2D eigenvalue weighted by Gasteiger charge is 2.19. The fourth-order valence-corrected chi connectivity index (χ4v) is 4.08. The second-order valence-corrected chi connectivity index (χ2v) is 7.67. The van der Waals surface area contributed by atoms with Crippen LogP contribution in [0.3, 0.4) is 0 Å². The number of benzene rings is 3. The first-order valence-electron chi connectivity index (χ1n) is 10.6. The molecule has 5 rings (SSSR count). The molecule has 0 amide bonds. The topological polar surface area (TPSA) is 68.5 Å². The Bertz CT molecular complexity index is 1320. The quantitative estimate of drug-likeness (QED) is 0.346. The second-order valence-electron chi connectivity index (χ2n) is 7.67. The smallest absolute Gasteiger partial charge is 0.203 e.